The quantitative estimate of drug-likeness (QED) is 0.583. The highest BCUT2D eigenvalue weighted by atomic mass is 16.5. The predicted molar refractivity (Wildman–Crippen MR) is 75.0 cm³/mol. The normalized spacial score (nSPS) is 11.3. The van der Waals surface area contributed by atoms with Gasteiger partial charge in [-0.05, 0) is 19.1 Å². The fraction of sp³-hybridized carbons (Fsp3) is 0.308. The summed E-state index contributed by atoms with van der Waals surface area (Å²) < 4.78 is 5.27. The number of hydrogen-bond acceptors (Lipinski definition) is 4. The van der Waals surface area contributed by atoms with Gasteiger partial charge in [-0.2, -0.15) is 0 Å². The van der Waals surface area contributed by atoms with Gasteiger partial charge in [-0.1, -0.05) is 6.07 Å². The lowest BCUT2D eigenvalue weighted by Crippen LogP contribution is -2.45. The number of nitrogens with one attached hydrogen (secondary N) is 2. The number of benzene rings is 1. The van der Waals surface area contributed by atoms with Crippen molar-refractivity contribution in [1.29, 1.82) is 0 Å². The van der Waals surface area contributed by atoms with E-state index >= 15 is 0 Å². The number of aliphatic carboxylic acids is 1. The molecule has 0 fully saturated rings. The third-order valence-corrected chi connectivity index (χ3v) is 2.41. The molecule has 1 aromatic carbocycles. The lowest BCUT2D eigenvalue weighted by Gasteiger charge is -2.14. The Hall–Kier alpha value is -2.77. The van der Waals surface area contributed by atoms with Crippen LogP contribution < -0.4 is 21.1 Å². The highest BCUT2D eigenvalue weighted by Gasteiger charge is 2.22. The van der Waals surface area contributed by atoms with Crippen LogP contribution >= 0.6 is 0 Å². The third kappa shape index (κ3) is 5.81. The molecule has 0 radical (unpaired) electrons. The second-order valence-corrected chi connectivity index (χ2v) is 4.12. The fourth-order valence-electron chi connectivity index (χ4n) is 1.56. The van der Waals surface area contributed by atoms with E-state index in [4.69, 9.17) is 15.6 Å². The lowest BCUT2D eigenvalue weighted by atomic mass is 10.2. The largest absolute Gasteiger partial charge is 0.494 e. The summed E-state index contributed by atoms with van der Waals surface area (Å²) in [6, 6.07) is 4.48. The van der Waals surface area contributed by atoms with E-state index in [-0.39, 0.29) is 0 Å². The Morgan fingerprint density at radius 2 is 2.10 bits per heavy atom. The van der Waals surface area contributed by atoms with Gasteiger partial charge >= 0.3 is 12.0 Å². The van der Waals surface area contributed by atoms with Gasteiger partial charge in [-0.15, -0.1) is 0 Å². The minimum atomic E-state index is -1.38. The van der Waals surface area contributed by atoms with Crippen molar-refractivity contribution in [3.05, 3.63) is 24.3 Å². The number of nitrogens with two attached hydrogens (primary N) is 1. The van der Waals surface area contributed by atoms with Crippen molar-refractivity contribution in [3.8, 4) is 5.75 Å². The second-order valence-electron chi connectivity index (χ2n) is 4.12. The van der Waals surface area contributed by atoms with E-state index in [0.29, 0.717) is 18.0 Å². The minimum absolute atomic E-state index is 0.432. The van der Waals surface area contributed by atoms with Crippen LogP contribution in [-0.2, 0) is 9.59 Å². The lowest BCUT2D eigenvalue weighted by molar-refractivity contribution is -0.140. The van der Waals surface area contributed by atoms with Crippen molar-refractivity contribution in [3.63, 3.8) is 0 Å². The van der Waals surface area contributed by atoms with Crippen LogP contribution in [0.25, 0.3) is 0 Å². The number of carboxylic acid groups (broad SMARTS) is 1. The first-order valence-corrected chi connectivity index (χ1v) is 6.24. The van der Waals surface area contributed by atoms with Gasteiger partial charge in [0.1, 0.15) is 11.8 Å². The summed E-state index contributed by atoms with van der Waals surface area (Å²) in [5, 5.41) is 13.5. The molecule has 0 aliphatic rings. The van der Waals surface area contributed by atoms with Crippen LogP contribution in [0.3, 0.4) is 0 Å². The summed E-state index contributed by atoms with van der Waals surface area (Å²) in [6.07, 6.45) is -0.484. The molecule has 1 rings (SSSR count). The average molecular weight is 295 g/mol. The van der Waals surface area contributed by atoms with Gasteiger partial charge in [0.2, 0.25) is 5.91 Å². The Kier molecular flexibility index (Phi) is 5.99. The highest BCUT2D eigenvalue weighted by molar-refractivity contribution is 5.93. The Morgan fingerprint density at radius 1 is 1.38 bits per heavy atom. The van der Waals surface area contributed by atoms with E-state index in [9.17, 15) is 14.4 Å². The predicted octanol–water partition coefficient (Wildman–Crippen LogP) is 0.535. The van der Waals surface area contributed by atoms with Crippen LogP contribution in [0.15, 0.2) is 24.3 Å². The van der Waals surface area contributed by atoms with Crippen LogP contribution in [0, 0.1) is 0 Å². The molecule has 0 saturated heterocycles. The smallest absolute Gasteiger partial charge is 0.326 e. The van der Waals surface area contributed by atoms with E-state index in [0.717, 1.165) is 0 Å². The molecule has 0 aliphatic heterocycles. The molecule has 3 amide bonds. The van der Waals surface area contributed by atoms with Gasteiger partial charge in [0, 0.05) is 11.8 Å². The maximum Gasteiger partial charge on any atom is 0.326 e. The first kappa shape index (κ1) is 16.3. The van der Waals surface area contributed by atoms with Crippen molar-refractivity contribution < 1.29 is 24.2 Å². The highest BCUT2D eigenvalue weighted by Crippen LogP contribution is 2.17. The summed E-state index contributed by atoms with van der Waals surface area (Å²) in [7, 11) is 0. The molecule has 8 heteroatoms. The molecule has 21 heavy (non-hydrogen) atoms. The number of primary amides is 1. The SMILES string of the molecule is CCOc1cccc(NC(=O)N[C@@H](CC(N)=O)C(=O)O)c1. The zero-order chi connectivity index (χ0) is 15.8. The van der Waals surface area contributed by atoms with Crippen LogP contribution in [-0.4, -0.2) is 35.7 Å². The van der Waals surface area contributed by atoms with Gasteiger partial charge in [0.15, 0.2) is 0 Å². The van der Waals surface area contributed by atoms with E-state index in [1.54, 1.807) is 24.3 Å². The Labute approximate surface area is 121 Å². The zero-order valence-corrected chi connectivity index (χ0v) is 11.5. The number of amides is 3. The number of anilines is 1. The molecule has 0 bridgehead atoms. The molecule has 8 nitrogen and oxygen atoms in total. The van der Waals surface area contributed by atoms with Crippen molar-refractivity contribution in [1.82, 2.24) is 5.32 Å². The van der Waals surface area contributed by atoms with Crippen molar-refractivity contribution in [2.45, 2.75) is 19.4 Å². The zero-order valence-electron chi connectivity index (χ0n) is 11.5. The van der Waals surface area contributed by atoms with Crippen LogP contribution in [0.1, 0.15) is 13.3 Å². The monoisotopic (exact) mass is 295 g/mol. The molecule has 0 spiro atoms. The number of ether oxygens (including phenoxy) is 1. The summed E-state index contributed by atoms with van der Waals surface area (Å²) in [5.74, 6) is -1.59. The maximum absolute atomic E-state index is 11.7. The van der Waals surface area contributed by atoms with Gasteiger partial charge in [0.05, 0.1) is 13.0 Å². The Bertz CT molecular complexity index is 532. The molecule has 1 aromatic rings. The Balaban J connectivity index is 2.65. The number of carboxylic acids is 1. The standard InChI is InChI=1S/C13H17N3O5/c1-2-21-9-5-3-4-8(6-9)15-13(20)16-10(12(18)19)7-11(14)17/h3-6,10H,2,7H2,1H3,(H2,14,17)(H,18,19)(H2,15,16,20)/t10-/m0/s1. The number of hydrogen-bond donors (Lipinski definition) is 4. The Morgan fingerprint density at radius 3 is 2.67 bits per heavy atom. The van der Waals surface area contributed by atoms with Crippen LogP contribution in [0.4, 0.5) is 10.5 Å². The summed E-state index contributed by atoms with van der Waals surface area (Å²) in [5.41, 5.74) is 5.35. The summed E-state index contributed by atoms with van der Waals surface area (Å²) >= 11 is 0. The summed E-state index contributed by atoms with van der Waals surface area (Å²) in [6.45, 7) is 2.31. The van der Waals surface area contributed by atoms with Gasteiger partial charge < -0.3 is 26.2 Å². The molecule has 0 heterocycles. The average Bonchev–Trinajstić information content (AvgIpc) is 2.38. The van der Waals surface area contributed by atoms with Crippen molar-refractivity contribution in [2.24, 2.45) is 5.73 Å². The summed E-state index contributed by atoms with van der Waals surface area (Å²) in [4.78, 5) is 33.3. The van der Waals surface area contributed by atoms with E-state index in [1.807, 2.05) is 6.92 Å². The van der Waals surface area contributed by atoms with Crippen LogP contribution in [0.2, 0.25) is 0 Å². The second kappa shape index (κ2) is 7.73. The van der Waals surface area contributed by atoms with Crippen molar-refractivity contribution >= 4 is 23.6 Å². The van der Waals surface area contributed by atoms with E-state index in [2.05, 4.69) is 10.6 Å². The van der Waals surface area contributed by atoms with Crippen molar-refractivity contribution in [2.75, 3.05) is 11.9 Å². The van der Waals surface area contributed by atoms with Gasteiger partial charge in [-0.25, -0.2) is 9.59 Å². The van der Waals surface area contributed by atoms with Gasteiger partial charge in [-0.3, -0.25) is 4.79 Å². The number of carbonyl (C=O) groups excluding carboxylic acids is 2. The molecule has 0 saturated carbocycles. The van der Waals surface area contributed by atoms with Gasteiger partial charge in [0.25, 0.3) is 0 Å². The third-order valence-electron chi connectivity index (χ3n) is 2.41. The minimum Gasteiger partial charge on any atom is -0.494 e. The molecule has 114 valence electrons. The first-order chi connectivity index (χ1) is 9.92. The topological polar surface area (TPSA) is 131 Å². The number of carbonyl (C=O) groups is 3. The molecule has 0 aliphatic carbocycles. The molecule has 0 aromatic heterocycles. The number of rotatable bonds is 7. The maximum atomic E-state index is 11.7. The molecule has 1 atom stereocenters. The van der Waals surface area contributed by atoms with E-state index < -0.39 is 30.4 Å². The molecular weight excluding hydrogens is 278 g/mol. The first-order valence-electron chi connectivity index (χ1n) is 6.24. The molecule has 5 N–H and O–H groups in total. The van der Waals surface area contributed by atoms with E-state index in [1.165, 1.54) is 0 Å². The molecule has 0 unspecified atom stereocenters. The number of urea groups is 1. The fourth-order valence-corrected chi connectivity index (χ4v) is 1.56. The van der Waals surface area contributed by atoms with Crippen LogP contribution in [0.5, 0.6) is 5.75 Å². The molecular formula is C13H17N3O5.